The Balaban J connectivity index is 1.93. The molecule has 2 rings (SSSR count). The highest BCUT2D eigenvalue weighted by Crippen LogP contribution is 2.17. The lowest BCUT2D eigenvalue weighted by molar-refractivity contribution is -0.113. The number of benzene rings is 1. The molecule has 0 aliphatic heterocycles. The summed E-state index contributed by atoms with van der Waals surface area (Å²) in [6.45, 7) is 0. The van der Waals surface area contributed by atoms with Gasteiger partial charge in [0.05, 0.1) is 11.4 Å². The van der Waals surface area contributed by atoms with Crippen molar-refractivity contribution in [3.63, 3.8) is 0 Å². The molecular formula is C10H9F2N5OS. The molecule has 1 aromatic carbocycles. The highest BCUT2D eigenvalue weighted by atomic mass is 32.2. The molecule has 1 amide bonds. The SMILES string of the molecule is Cn1nnnc1SCC(=O)Nc1ccc(F)cc1F. The van der Waals surface area contributed by atoms with Crippen LogP contribution in [0.3, 0.4) is 0 Å². The van der Waals surface area contributed by atoms with Crippen LogP contribution in [0.1, 0.15) is 0 Å². The van der Waals surface area contributed by atoms with E-state index in [0.717, 1.165) is 23.9 Å². The van der Waals surface area contributed by atoms with Gasteiger partial charge in [-0.15, -0.1) is 5.10 Å². The summed E-state index contributed by atoms with van der Waals surface area (Å²) >= 11 is 1.11. The van der Waals surface area contributed by atoms with Gasteiger partial charge in [-0.3, -0.25) is 4.79 Å². The van der Waals surface area contributed by atoms with Crippen molar-refractivity contribution >= 4 is 23.4 Å². The topological polar surface area (TPSA) is 72.7 Å². The van der Waals surface area contributed by atoms with Crippen LogP contribution in [-0.2, 0) is 11.8 Å². The molecule has 0 spiro atoms. The minimum atomic E-state index is -0.821. The van der Waals surface area contributed by atoms with Gasteiger partial charge in [0.1, 0.15) is 11.6 Å². The van der Waals surface area contributed by atoms with Crippen LogP contribution in [0.25, 0.3) is 0 Å². The number of rotatable bonds is 4. The van der Waals surface area contributed by atoms with Gasteiger partial charge in [0.15, 0.2) is 0 Å². The molecule has 0 saturated carbocycles. The maximum absolute atomic E-state index is 13.3. The normalized spacial score (nSPS) is 10.5. The number of amides is 1. The summed E-state index contributed by atoms with van der Waals surface area (Å²) < 4.78 is 27.4. The quantitative estimate of drug-likeness (QED) is 0.855. The Morgan fingerprint density at radius 1 is 1.47 bits per heavy atom. The minimum absolute atomic E-state index is 0.0189. The first-order valence-corrected chi connectivity index (χ1v) is 6.15. The molecule has 0 aliphatic rings. The standard InChI is InChI=1S/C10H9F2N5OS/c1-17-10(14-15-16-17)19-5-9(18)13-8-3-2-6(11)4-7(8)12/h2-4H,5H2,1H3,(H,13,18). The van der Waals surface area contributed by atoms with E-state index in [1.165, 1.54) is 4.68 Å². The third-order valence-electron chi connectivity index (χ3n) is 2.12. The van der Waals surface area contributed by atoms with E-state index >= 15 is 0 Å². The summed E-state index contributed by atoms with van der Waals surface area (Å²) in [6.07, 6.45) is 0. The number of halogens is 2. The molecule has 1 N–H and O–H groups in total. The van der Waals surface area contributed by atoms with Crippen molar-refractivity contribution < 1.29 is 13.6 Å². The fraction of sp³-hybridized carbons (Fsp3) is 0.200. The van der Waals surface area contributed by atoms with Crippen molar-refractivity contribution in [2.45, 2.75) is 5.16 Å². The second-order valence-corrected chi connectivity index (χ2v) is 4.49. The predicted octanol–water partition coefficient (Wildman–Crippen LogP) is 1.22. The molecule has 0 radical (unpaired) electrons. The Hall–Kier alpha value is -2.03. The van der Waals surface area contributed by atoms with E-state index in [4.69, 9.17) is 0 Å². The summed E-state index contributed by atoms with van der Waals surface area (Å²) in [7, 11) is 1.64. The van der Waals surface area contributed by atoms with Crippen LogP contribution >= 0.6 is 11.8 Å². The van der Waals surface area contributed by atoms with Gasteiger partial charge in [-0.25, -0.2) is 13.5 Å². The predicted molar refractivity (Wildman–Crippen MR) is 64.5 cm³/mol. The first-order chi connectivity index (χ1) is 9.06. The summed E-state index contributed by atoms with van der Waals surface area (Å²) in [6, 6.07) is 2.94. The third kappa shape index (κ3) is 3.47. The molecule has 0 fully saturated rings. The van der Waals surface area contributed by atoms with Crippen LogP contribution in [0.5, 0.6) is 0 Å². The van der Waals surface area contributed by atoms with E-state index in [9.17, 15) is 13.6 Å². The lowest BCUT2D eigenvalue weighted by Gasteiger charge is -2.05. The molecule has 2 aromatic rings. The zero-order valence-corrected chi connectivity index (χ0v) is 10.6. The highest BCUT2D eigenvalue weighted by Gasteiger charge is 2.10. The highest BCUT2D eigenvalue weighted by molar-refractivity contribution is 7.99. The largest absolute Gasteiger partial charge is 0.323 e. The van der Waals surface area contributed by atoms with Crippen LogP contribution in [0.2, 0.25) is 0 Å². The van der Waals surface area contributed by atoms with E-state index in [-0.39, 0.29) is 11.4 Å². The van der Waals surface area contributed by atoms with Gasteiger partial charge >= 0.3 is 0 Å². The van der Waals surface area contributed by atoms with E-state index in [1.807, 2.05) is 0 Å². The Labute approximate surface area is 111 Å². The van der Waals surface area contributed by atoms with E-state index in [0.29, 0.717) is 11.2 Å². The summed E-state index contributed by atoms with van der Waals surface area (Å²) in [5, 5.41) is 13.5. The van der Waals surface area contributed by atoms with Crippen LogP contribution in [-0.4, -0.2) is 31.9 Å². The number of aryl methyl sites for hydroxylation is 1. The van der Waals surface area contributed by atoms with Crippen LogP contribution in [0.4, 0.5) is 14.5 Å². The molecule has 0 saturated heterocycles. The molecule has 9 heteroatoms. The zero-order chi connectivity index (χ0) is 13.8. The van der Waals surface area contributed by atoms with Crippen molar-refractivity contribution in [1.29, 1.82) is 0 Å². The Morgan fingerprint density at radius 2 is 2.26 bits per heavy atom. The second kappa shape index (κ2) is 5.74. The molecule has 0 unspecified atom stereocenters. The van der Waals surface area contributed by atoms with E-state index in [1.54, 1.807) is 7.05 Å². The zero-order valence-electron chi connectivity index (χ0n) is 9.80. The number of aromatic nitrogens is 4. The van der Waals surface area contributed by atoms with Gasteiger partial charge in [0.25, 0.3) is 0 Å². The Kier molecular flexibility index (Phi) is 4.05. The number of thioether (sulfide) groups is 1. The number of carbonyl (C=O) groups is 1. The number of nitrogens with zero attached hydrogens (tertiary/aromatic N) is 4. The number of anilines is 1. The van der Waals surface area contributed by atoms with E-state index < -0.39 is 17.5 Å². The fourth-order valence-electron chi connectivity index (χ4n) is 1.25. The van der Waals surface area contributed by atoms with Crippen molar-refractivity contribution in [3.05, 3.63) is 29.8 Å². The average Bonchev–Trinajstić information content (AvgIpc) is 2.76. The number of carbonyl (C=O) groups excluding carboxylic acids is 1. The molecular weight excluding hydrogens is 276 g/mol. The fourth-order valence-corrected chi connectivity index (χ4v) is 1.90. The van der Waals surface area contributed by atoms with Crippen LogP contribution in [0, 0.1) is 11.6 Å². The van der Waals surface area contributed by atoms with Gasteiger partial charge in [0.2, 0.25) is 11.1 Å². The lowest BCUT2D eigenvalue weighted by atomic mass is 10.3. The lowest BCUT2D eigenvalue weighted by Crippen LogP contribution is -2.15. The van der Waals surface area contributed by atoms with Gasteiger partial charge in [0, 0.05) is 13.1 Å². The van der Waals surface area contributed by atoms with Gasteiger partial charge in [-0.05, 0) is 22.6 Å². The first-order valence-electron chi connectivity index (χ1n) is 5.16. The number of nitrogens with one attached hydrogen (secondary N) is 1. The minimum Gasteiger partial charge on any atom is -0.323 e. The summed E-state index contributed by atoms with van der Waals surface area (Å²) in [5.41, 5.74) is -0.0666. The Bertz CT molecular complexity index is 603. The third-order valence-corrected chi connectivity index (χ3v) is 3.13. The summed E-state index contributed by atoms with van der Waals surface area (Å²) in [4.78, 5) is 11.6. The maximum Gasteiger partial charge on any atom is 0.234 e. The number of hydrogen-bond acceptors (Lipinski definition) is 5. The molecule has 0 bridgehead atoms. The second-order valence-electron chi connectivity index (χ2n) is 3.55. The molecule has 6 nitrogen and oxygen atoms in total. The van der Waals surface area contributed by atoms with Crippen molar-refractivity contribution in [3.8, 4) is 0 Å². The maximum atomic E-state index is 13.3. The summed E-state index contributed by atoms with van der Waals surface area (Å²) in [5.74, 6) is -1.93. The van der Waals surface area contributed by atoms with Gasteiger partial charge in [-0.1, -0.05) is 11.8 Å². The van der Waals surface area contributed by atoms with E-state index in [2.05, 4.69) is 20.8 Å². The van der Waals surface area contributed by atoms with Crippen molar-refractivity contribution in [2.24, 2.45) is 7.05 Å². The molecule has 1 heterocycles. The van der Waals surface area contributed by atoms with Gasteiger partial charge in [-0.2, -0.15) is 0 Å². The Morgan fingerprint density at radius 3 is 2.89 bits per heavy atom. The number of hydrogen-bond donors (Lipinski definition) is 1. The van der Waals surface area contributed by atoms with Crippen LogP contribution in [0.15, 0.2) is 23.4 Å². The number of tetrazole rings is 1. The van der Waals surface area contributed by atoms with Crippen molar-refractivity contribution in [1.82, 2.24) is 20.2 Å². The first kappa shape index (κ1) is 13.4. The smallest absolute Gasteiger partial charge is 0.234 e. The average molecular weight is 285 g/mol. The van der Waals surface area contributed by atoms with Crippen molar-refractivity contribution in [2.75, 3.05) is 11.1 Å². The molecule has 100 valence electrons. The van der Waals surface area contributed by atoms with Gasteiger partial charge < -0.3 is 5.32 Å². The van der Waals surface area contributed by atoms with Crippen LogP contribution < -0.4 is 5.32 Å². The monoisotopic (exact) mass is 285 g/mol. The molecule has 0 aliphatic carbocycles. The molecule has 0 atom stereocenters. The molecule has 19 heavy (non-hydrogen) atoms. The molecule has 1 aromatic heterocycles.